The van der Waals surface area contributed by atoms with Gasteiger partial charge >= 0.3 is 0 Å². The Morgan fingerprint density at radius 3 is 2.54 bits per heavy atom. The summed E-state index contributed by atoms with van der Waals surface area (Å²) < 4.78 is 25.3. The van der Waals surface area contributed by atoms with Gasteiger partial charge in [0.15, 0.2) is 15.0 Å². The largest absolute Gasteiger partial charge is 0.391 e. The fourth-order valence-corrected chi connectivity index (χ4v) is 6.88. The number of hydrogen-bond donors (Lipinski definition) is 1. The lowest BCUT2D eigenvalue weighted by molar-refractivity contribution is 0.207. The first-order chi connectivity index (χ1) is 13.3. The van der Waals surface area contributed by atoms with Gasteiger partial charge in [-0.05, 0) is 24.6 Å². The van der Waals surface area contributed by atoms with E-state index in [0.717, 1.165) is 22.9 Å². The van der Waals surface area contributed by atoms with Gasteiger partial charge in [0.05, 0.1) is 40.3 Å². The Kier molecular flexibility index (Phi) is 5.03. The second-order valence-corrected chi connectivity index (χ2v) is 10.4. The van der Waals surface area contributed by atoms with Crippen LogP contribution in [-0.2, 0) is 16.4 Å². The number of fused-ring (bicyclic) bond motifs is 1. The Balaban J connectivity index is 1.79. The number of benzene rings is 2. The number of hydrogen-bond acceptors (Lipinski definition) is 6. The highest BCUT2D eigenvalue weighted by atomic mass is 32.2. The lowest BCUT2D eigenvalue weighted by Gasteiger charge is -2.17. The van der Waals surface area contributed by atoms with Gasteiger partial charge < -0.3 is 5.11 Å². The van der Waals surface area contributed by atoms with Crippen LogP contribution in [0.4, 0.5) is 0 Å². The highest BCUT2D eigenvalue weighted by Crippen LogP contribution is 2.30. The first kappa shape index (κ1) is 19.2. The second kappa shape index (κ2) is 7.35. The van der Waals surface area contributed by atoms with Crippen molar-refractivity contribution in [3.05, 3.63) is 70.0 Å². The van der Waals surface area contributed by atoms with Crippen LogP contribution < -0.4 is 5.56 Å². The summed E-state index contributed by atoms with van der Waals surface area (Å²) in [6, 6.07) is 15.0. The SMILES string of the molecule is Cc1ccc(Cn2c(S[C@H]3CS(=O)(=O)C[C@@H]3O)nc3ccccc3c2=O)cc1. The standard InChI is InChI=1S/C20H20N2O4S2/c1-13-6-8-14(9-7-13)10-22-19(24)15-4-2-3-5-16(15)21-20(22)27-18-12-28(25,26)11-17(18)23/h2-9,17-18,23H,10-12H2,1H3/t17-,18-/m0/s1. The second-order valence-electron chi connectivity index (χ2n) is 7.09. The van der Waals surface area contributed by atoms with E-state index in [1.165, 1.54) is 0 Å². The normalized spacial score (nSPS) is 21.2. The molecule has 28 heavy (non-hydrogen) atoms. The van der Waals surface area contributed by atoms with Crippen LogP contribution in [0.1, 0.15) is 11.1 Å². The molecular weight excluding hydrogens is 396 g/mol. The molecule has 3 aromatic rings. The van der Waals surface area contributed by atoms with Crippen LogP contribution in [0.3, 0.4) is 0 Å². The molecule has 1 fully saturated rings. The van der Waals surface area contributed by atoms with Crippen molar-refractivity contribution >= 4 is 32.5 Å². The first-order valence-corrected chi connectivity index (χ1v) is 11.6. The number of para-hydroxylation sites is 1. The molecule has 0 aliphatic carbocycles. The summed E-state index contributed by atoms with van der Waals surface area (Å²) in [5.74, 6) is -0.369. The zero-order valence-electron chi connectivity index (χ0n) is 15.3. The summed E-state index contributed by atoms with van der Waals surface area (Å²) in [5, 5.41) is 10.6. The topological polar surface area (TPSA) is 89.3 Å². The molecule has 2 atom stereocenters. The summed E-state index contributed by atoms with van der Waals surface area (Å²) in [7, 11) is -3.28. The molecule has 0 bridgehead atoms. The minimum absolute atomic E-state index is 0.119. The lowest BCUT2D eigenvalue weighted by atomic mass is 10.1. The van der Waals surface area contributed by atoms with Crippen molar-refractivity contribution < 1.29 is 13.5 Å². The summed E-state index contributed by atoms with van der Waals surface area (Å²) in [5.41, 5.74) is 2.46. The van der Waals surface area contributed by atoms with Crippen LogP contribution in [0.15, 0.2) is 58.5 Å². The van der Waals surface area contributed by atoms with Gasteiger partial charge in [-0.3, -0.25) is 9.36 Å². The van der Waals surface area contributed by atoms with Gasteiger partial charge in [-0.2, -0.15) is 0 Å². The van der Waals surface area contributed by atoms with Crippen LogP contribution in [0.25, 0.3) is 10.9 Å². The van der Waals surface area contributed by atoms with Crippen LogP contribution in [0.5, 0.6) is 0 Å². The maximum Gasteiger partial charge on any atom is 0.262 e. The molecule has 6 nitrogen and oxygen atoms in total. The molecule has 1 N–H and O–H groups in total. The van der Waals surface area contributed by atoms with E-state index in [4.69, 9.17) is 0 Å². The molecule has 146 valence electrons. The Bertz CT molecular complexity index is 1190. The number of aliphatic hydroxyl groups is 1. The Hall–Kier alpha value is -2.16. The third-order valence-corrected chi connectivity index (χ3v) is 8.05. The molecule has 1 aliphatic heterocycles. The van der Waals surface area contributed by atoms with E-state index < -0.39 is 21.2 Å². The number of aromatic nitrogens is 2. The number of aryl methyl sites for hydroxylation is 1. The predicted molar refractivity (Wildman–Crippen MR) is 111 cm³/mol. The molecule has 0 saturated carbocycles. The van der Waals surface area contributed by atoms with E-state index in [2.05, 4.69) is 4.98 Å². The van der Waals surface area contributed by atoms with Crippen molar-refractivity contribution in [2.75, 3.05) is 11.5 Å². The number of nitrogens with zero attached hydrogens (tertiary/aromatic N) is 2. The lowest BCUT2D eigenvalue weighted by Crippen LogP contribution is -2.27. The van der Waals surface area contributed by atoms with Crippen molar-refractivity contribution in [2.45, 2.75) is 30.0 Å². The summed E-state index contributed by atoms with van der Waals surface area (Å²) >= 11 is 1.16. The zero-order chi connectivity index (χ0) is 19.9. The average molecular weight is 417 g/mol. The van der Waals surface area contributed by atoms with E-state index in [1.54, 1.807) is 22.8 Å². The van der Waals surface area contributed by atoms with Crippen molar-refractivity contribution in [1.82, 2.24) is 9.55 Å². The average Bonchev–Trinajstić information content (AvgIpc) is 2.91. The fraction of sp³-hybridized carbons (Fsp3) is 0.300. The molecule has 0 amide bonds. The first-order valence-electron chi connectivity index (χ1n) is 8.93. The quantitative estimate of drug-likeness (QED) is 0.655. The van der Waals surface area contributed by atoms with Crippen molar-refractivity contribution in [3.63, 3.8) is 0 Å². The molecule has 2 heterocycles. The van der Waals surface area contributed by atoms with Gasteiger partial charge in [0.1, 0.15) is 0 Å². The summed E-state index contributed by atoms with van der Waals surface area (Å²) in [6.45, 7) is 2.32. The maximum atomic E-state index is 13.1. The molecule has 4 rings (SSSR count). The zero-order valence-corrected chi connectivity index (χ0v) is 16.9. The molecule has 0 unspecified atom stereocenters. The molecule has 1 aromatic heterocycles. The van der Waals surface area contributed by atoms with E-state index in [0.29, 0.717) is 22.6 Å². The van der Waals surface area contributed by atoms with Gasteiger partial charge in [-0.25, -0.2) is 13.4 Å². The Morgan fingerprint density at radius 1 is 1.14 bits per heavy atom. The van der Waals surface area contributed by atoms with E-state index in [-0.39, 0.29) is 17.1 Å². The van der Waals surface area contributed by atoms with Crippen LogP contribution >= 0.6 is 11.8 Å². The third-order valence-electron chi connectivity index (χ3n) is 4.82. The van der Waals surface area contributed by atoms with Gasteiger partial charge in [-0.1, -0.05) is 53.7 Å². The molecule has 0 spiro atoms. The smallest absolute Gasteiger partial charge is 0.262 e. The minimum atomic E-state index is -3.28. The molecule has 2 aromatic carbocycles. The van der Waals surface area contributed by atoms with Crippen LogP contribution in [0.2, 0.25) is 0 Å². The van der Waals surface area contributed by atoms with Crippen molar-refractivity contribution in [2.24, 2.45) is 0 Å². The molecule has 1 saturated heterocycles. The molecule has 1 aliphatic rings. The van der Waals surface area contributed by atoms with E-state index in [1.807, 2.05) is 37.3 Å². The van der Waals surface area contributed by atoms with Gasteiger partial charge in [-0.15, -0.1) is 0 Å². The van der Waals surface area contributed by atoms with Crippen molar-refractivity contribution in [1.29, 1.82) is 0 Å². The minimum Gasteiger partial charge on any atom is -0.391 e. The van der Waals surface area contributed by atoms with Gasteiger partial charge in [0.2, 0.25) is 0 Å². The maximum absolute atomic E-state index is 13.1. The third kappa shape index (κ3) is 3.85. The number of aliphatic hydroxyl groups excluding tert-OH is 1. The highest BCUT2D eigenvalue weighted by Gasteiger charge is 2.38. The highest BCUT2D eigenvalue weighted by molar-refractivity contribution is 8.01. The van der Waals surface area contributed by atoms with Gasteiger partial charge in [0.25, 0.3) is 5.56 Å². The fourth-order valence-electron chi connectivity index (χ4n) is 3.30. The Labute approximate surface area is 167 Å². The van der Waals surface area contributed by atoms with E-state index >= 15 is 0 Å². The van der Waals surface area contributed by atoms with E-state index in [9.17, 15) is 18.3 Å². The molecular formula is C20H20N2O4S2. The summed E-state index contributed by atoms with van der Waals surface area (Å²) in [4.78, 5) is 17.7. The van der Waals surface area contributed by atoms with Crippen molar-refractivity contribution in [3.8, 4) is 0 Å². The number of rotatable bonds is 4. The number of thioether (sulfide) groups is 1. The Morgan fingerprint density at radius 2 is 1.86 bits per heavy atom. The predicted octanol–water partition coefficient (Wildman–Crippen LogP) is 2.00. The van der Waals surface area contributed by atoms with Crippen LogP contribution in [-0.4, -0.2) is 45.9 Å². The van der Waals surface area contributed by atoms with Gasteiger partial charge in [0, 0.05) is 0 Å². The number of sulfone groups is 1. The van der Waals surface area contributed by atoms with Crippen LogP contribution in [0, 0.1) is 6.92 Å². The molecule has 0 radical (unpaired) electrons. The monoisotopic (exact) mass is 416 g/mol. The summed E-state index contributed by atoms with van der Waals surface area (Å²) in [6.07, 6.45) is -0.966. The molecule has 8 heteroatoms.